The Morgan fingerprint density at radius 2 is 1.59 bits per heavy atom. The van der Waals surface area contributed by atoms with Gasteiger partial charge in [0, 0.05) is 12.1 Å². The Labute approximate surface area is 143 Å². The second kappa shape index (κ2) is 10.6. The van der Waals surface area contributed by atoms with Gasteiger partial charge in [0.25, 0.3) is 0 Å². The molecule has 0 spiro atoms. The molecular weight excluding hydrogens is 320 g/mol. The van der Waals surface area contributed by atoms with Gasteiger partial charge in [-0.1, -0.05) is 6.07 Å². The van der Waals surface area contributed by atoms with Crippen molar-refractivity contribution in [2.24, 2.45) is 0 Å². The molecule has 2 fully saturated rings. The van der Waals surface area contributed by atoms with Crippen LogP contribution in [0, 0.1) is 63.7 Å². The van der Waals surface area contributed by atoms with Crippen molar-refractivity contribution in [3.8, 4) is 0 Å². The average Bonchev–Trinajstić information content (AvgIpc) is 3.23. The zero-order valence-electron chi connectivity index (χ0n) is 12.0. The maximum absolute atomic E-state index is 10.9. The zero-order chi connectivity index (χ0) is 14.9. The topological polar surface area (TPSA) is 51.2 Å². The third-order valence-electron chi connectivity index (χ3n) is 2.73. The first-order chi connectivity index (χ1) is 10.3. The van der Waals surface area contributed by atoms with Gasteiger partial charge in [0.1, 0.15) is 5.82 Å². The van der Waals surface area contributed by atoms with Crippen LogP contribution < -0.4 is 5.32 Å². The molecule has 1 aromatic heterocycles. The number of pyridine rings is 1. The van der Waals surface area contributed by atoms with Gasteiger partial charge in [-0.3, -0.25) is 5.32 Å². The van der Waals surface area contributed by atoms with Crippen molar-refractivity contribution < 1.29 is 26.6 Å². The summed E-state index contributed by atoms with van der Waals surface area (Å²) >= 11 is 0. The summed E-state index contributed by atoms with van der Waals surface area (Å²) in [5.41, 5.74) is 1.01. The van der Waals surface area contributed by atoms with Gasteiger partial charge in [-0.05, 0) is 69.4 Å². The molecule has 2 saturated carbocycles. The number of rotatable bonds is 2. The molecule has 0 bridgehead atoms. The average molecular weight is 336 g/mol. The standard InChI is InChI=1S/C12H11N2O2.C5H5.Fe/c1-16-12(15)14-11-7-6-10(8-13-11)9-4-2-3-5-9;1-2-4-5-3-1;/h2-8H,1H3,(H,13,14,15);1-5H;/q;;+2. The monoisotopic (exact) mass is 336 g/mol. The van der Waals surface area contributed by atoms with Gasteiger partial charge in [-0.15, -0.1) is 0 Å². The Morgan fingerprint density at radius 3 is 2.05 bits per heavy atom. The van der Waals surface area contributed by atoms with Crippen molar-refractivity contribution in [1.82, 2.24) is 4.98 Å². The number of anilines is 1. The minimum absolute atomic E-state index is 0. The summed E-state index contributed by atoms with van der Waals surface area (Å²) in [4.78, 5) is 15.0. The Balaban J connectivity index is 0.000000344. The Morgan fingerprint density at radius 1 is 1.00 bits per heavy atom. The normalized spacial score (nSPS) is 17.1. The molecule has 0 aliphatic heterocycles. The first-order valence-corrected chi connectivity index (χ1v) is 6.49. The fourth-order valence-electron chi connectivity index (χ4n) is 1.68. The van der Waals surface area contributed by atoms with E-state index in [1.807, 2.05) is 63.9 Å². The summed E-state index contributed by atoms with van der Waals surface area (Å²) in [5.74, 6) is 1.58. The number of ether oxygens (including phenoxy) is 1. The number of methoxy groups -OCH3 is 1. The predicted octanol–water partition coefficient (Wildman–Crippen LogP) is 3.03. The molecule has 3 rings (SSSR count). The third kappa shape index (κ3) is 6.37. The van der Waals surface area contributed by atoms with Crippen molar-refractivity contribution in [2.75, 3.05) is 12.4 Å². The maximum Gasteiger partial charge on any atom is 2.00 e. The number of aromatic nitrogens is 1. The van der Waals surface area contributed by atoms with E-state index in [1.54, 1.807) is 12.3 Å². The molecule has 10 radical (unpaired) electrons. The van der Waals surface area contributed by atoms with Gasteiger partial charge in [-0.2, -0.15) is 0 Å². The smallest absolute Gasteiger partial charge is 0.453 e. The van der Waals surface area contributed by atoms with Crippen LogP contribution in [0.4, 0.5) is 10.6 Å². The van der Waals surface area contributed by atoms with Crippen LogP contribution in [0.5, 0.6) is 0 Å². The largest absolute Gasteiger partial charge is 2.00 e. The first kappa shape index (κ1) is 19.0. The summed E-state index contributed by atoms with van der Waals surface area (Å²) in [7, 11) is 1.31. The van der Waals surface area contributed by atoms with E-state index in [9.17, 15) is 4.79 Å². The molecule has 2 aliphatic rings. The van der Waals surface area contributed by atoms with E-state index >= 15 is 0 Å². The van der Waals surface area contributed by atoms with Gasteiger partial charge in [0.2, 0.25) is 0 Å². The van der Waals surface area contributed by atoms with Crippen LogP contribution >= 0.6 is 0 Å². The molecule has 1 heterocycles. The molecular formula is C17H16FeN2O2+2. The van der Waals surface area contributed by atoms with Crippen molar-refractivity contribution >= 4 is 11.9 Å². The van der Waals surface area contributed by atoms with Crippen LogP contribution in [0.1, 0.15) is 5.56 Å². The molecule has 5 heteroatoms. The Kier molecular flexibility index (Phi) is 9.17. The fourth-order valence-corrected chi connectivity index (χ4v) is 1.68. The van der Waals surface area contributed by atoms with Crippen LogP contribution in [-0.4, -0.2) is 18.2 Å². The number of carbonyl (C=O) groups excluding carboxylic acids is 1. The molecule has 2 aliphatic carbocycles. The van der Waals surface area contributed by atoms with E-state index < -0.39 is 6.09 Å². The molecule has 4 nitrogen and oxygen atoms in total. The Bertz CT molecular complexity index is 419. The molecule has 0 unspecified atom stereocenters. The van der Waals surface area contributed by atoms with E-state index in [4.69, 9.17) is 0 Å². The van der Waals surface area contributed by atoms with Gasteiger partial charge in [0.15, 0.2) is 0 Å². The van der Waals surface area contributed by atoms with Crippen LogP contribution in [0.15, 0.2) is 18.3 Å². The van der Waals surface area contributed by atoms with E-state index in [0.29, 0.717) is 5.82 Å². The number of amides is 1. The predicted molar refractivity (Wildman–Crippen MR) is 81.3 cm³/mol. The second-order valence-corrected chi connectivity index (χ2v) is 4.18. The SMILES string of the molecule is COC(=O)Nc1ccc([C]2[CH][CH][CH][CH]2)cn1.[CH]1[CH][CH][CH][CH]1.[Fe+2]. The van der Waals surface area contributed by atoms with Gasteiger partial charge in [-0.25, -0.2) is 9.78 Å². The summed E-state index contributed by atoms with van der Waals surface area (Å²) in [5, 5.41) is 2.49. The second-order valence-electron chi connectivity index (χ2n) is 4.18. The molecule has 1 amide bonds. The first-order valence-electron chi connectivity index (χ1n) is 6.49. The molecule has 0 atom stereocenters. The quantitative estimate of drug-likeness (QED) is 0.845. The van der Waals surface area contributed by atoms with Gasteiger partial charge < -0.3 is 4.74 Å². The van der Waals surface area contributed by atoms with Crippen molar-refractivity contribution in [3.05, 3.63) is 87.6 Å². The van der Waals surface area contributed by atoms with Crippen molar-refractivity contribution in [3.63, 3.8) is 0 Å². The Hall–Kier alpha value is -1.06. The van der Waals surface area contributed by atoms with Gasteiger partial charge in [0.05, 0.1) is 7.11 Å². The molecule has 22 heavy (non-hydrogen) atoms. The number of nitrogens with one attached hydrogen (secondary N) is 1. The van der Waals surface area contributed by atoms with Crippen LogP contribution in [0.3, 0.4) is 0 Å². The summed E-state index contributed by atoms with van der Waals surface area (Å²) < 4.78 is 4.47. The van der Waals surface area contributed by atoms with Crippen LogP contribution in [0.25, 0.3) is 0 Å². The van der Waals surface area contributed by atoms with E-state index in [2.05, 4.69) is 15.0 Å². The van der Waals surface area contributed by atoms with Crippen LogP contribution in [-0.2, 0) is 21.8 Å². The maximum atomic E-state index is 10.9. The summed E-state index contributed by atoms with van der Waals surface area (Å²) in [6.07, 6.45) is 19.1. The van der Waals surface area contributed by atoms with Crippen molar-refractivity contribution in [1.29, 1.82) is 0 Å². The minimum atomic E-state index is -0.520. The van der Waals surface area contributed by atoms with E-state index in [-0.39, 0.29) is 17.1 Å². The summed E-state index contributed by atoms with van der Waals surface area (Å²) in [6, 6.07) is 3.63. The number of hydrogen-bond donors (Lipinski definition) is 1. The van der Waals surface area contributed by atoms with E-state index in [0.717, 1.165) is 11.5 Å². The van der Waals surface area contributed by atoms with E-state index in [1.165, 1.54) is 7.11 Å². The molecule has 0 saturated heterocycles. The number of hydrogen-bond acceptors (Lipinski definition) is 3. The third-order valence-corrected chi connectivity index (χ3v) is 2.73. The fraction of sp³-hybridized carbons (Fsp3) is 0.0588. The number of carbonyl (C=O) groups is 1. The number of nitrogens with zero attached hydrogens (tertiary/aromatic N) is 1. The minimum Gasteiger partial charge on any atom is -0.453 e. The van der Waals surface area contributed by atoms with Crippen molar-refractivity contribution in [2.45, 2.75) is 0 Å². The van der Waals surface area contributed by atoms with Gasteiger partial charge >= 0.3 is 23.2 Å². The molecule has 1 aromatic rings. The summed E-state index contributed by atoms with van der Waals surface area (Å²) in [6.45, 7) is 0. The molecule has 112 valence electrons. The zero-order valence-corrected chi connectivity index (χ0v) is 13.1. The molecule has 1 N–H and O–H groups in total. The molecule has 0 aromatic carbocycles. The van der Waals surface area contributed by atoms with Crippen LogP contribution in [0.2, 0.25) is 0 Å².